The third kappa shape index (κ3) is 3.07. The van der Waals surface area contributed by atoms with Crippen molar-refractivity contribution in [2.24, 2.45) is 0 Å². The zero-order valence-electron chi connectivity index (χ0n) is 12.9. The van der Waals surface area contributed by atoms with Gasteiger partial charge in [-0.25, -0.2) is 0 Å². The van der Waals surface area contributed by atoms with Crippen LogP contribution in [0.2, 0.25) is 0 Å². The molecule has 0 spiro atoms. The summed E-state index contributed by atoms with van der Waals surface area (Å²) in [6.07, 6.45) is 0. The fourth-order valence-corrected chi connectivity index (χ4v) is 3.98. The van der Waals surface area contributed by atoms with Crippen LogP contribution in [0.15, 0.2) is 42.5 Å². The van der Waals surface area contributed by atoms with Gasteiger partial charge in [-0.3, -0.25) is 19.8 Å². The first-order valence-corrected chi connectivity index (χ1v) is 8.27. The second-order valence-corrected chi connectivity index (χ2v) is 6.69. The Bertz CT molecular complexity index is 754. The molecule has 0 saturated carbocycles. The summed E-state index contributed by atoms with van der Waals surface area (Å²) in [7, 11) is 0. The molecule has 3 rings (SSSR count). The number of benzene rings is 2. The summed E-state index contributed by atoms with van der Waals surface area (Å²) in [5, 5.41) is 10.6. The van der Waals surface area contributed by atoms with Gasteiger partial charge in [0, 0.05) is 17.8 Å². The van der Waals surface area contributed by atoms with Crippen molar-refractivity contribution < 1.29 is 9.72 Å². The van der Waals surface area contributed by atoms with Gasteiger partial charge in [0.15, 0.2) is 0 Å². The highest BCUT2D eigenvalue weighted by Gasteiger charge is 2.34. The maximum Gasteiger partial charge on any atom is 0.269 e. The van der Waals surface area contributed by atoms with Crippen molar-refractivity contribution in [3.63, 3.8) is 0 Å². The Morgan fingerprint density at radius 3 is 2.30 bits per heavy atom. The lowest BCUT2D eigenvalue weighted by molar-refractivity contribution is -0.384. The van der Waals surface area contributed by atoms with E-state index in [2.05, 4.69) is 6.07 Å². The highest BCUT2D eigenvalue weighted by molar-refractivity contribution is 8.00. The number of hydrogen-bond donors (Lipinski definition) is 0. The lowest BCUT2D eigenvalue weighted by Gasteiger charge is -2.25. The van der Waals surface area contributed by atoms with Gasteiger partial charge in [0.05, 0.1) is 10.7 Å². The van der Waals surface area contributed by atoms with Gasteiger partial charge in [-0.1, -0.05) is 6.07 Å². The molecule has 0 aromatic heterocycles. The Kier molecular flexibility index (Phi) is 4.09. The molecule has 1 unspecified atom stereocenters. The molecular formula is C17H16N2O3S. The molecule has 1 heterocycles. The Hall–Kier alpha value is -2.34. The molecule has 0 bridgehead atoms. The first kappa shape index (κ1) is 15.6. The number of aryl methyl sites for hydroxylation is 2. The van der Waals surface area contributed by atoms with Gasteiger partial charge in [-0.05, 0) is 54.8 Å². The minimum atomic E-state index is -0.418. The minimum absolute atomic E-state index is 0.0565. The van der Waals surface area contributed by atoms with Crippen LogP contribution in [0.5, 0.6) is 0 Å². The second kappa shape index (κ2) is 6.04. The number of rotatable bonds is 3. The van der Waals surface area contributed by atoms with E-state index in [4.69, 9.17) is 0 Å². The molecule has 2 aromatic carbocycles. The molecule has 1 aliphatic rings. The predicted octanol–water partition coefficient (Wildman–Crippen LogP) is 3.99. The van der Waals surface area contributed by atoms with Crippen LogP contribution >= 0.6 is 11.8 Å². The fourth-order valence-electron chi connectivity index (χ4n) is 2.80. The highest BCUT2D eigenvalue weighted by atomic mass is 32.2. The van der Waals surface area contributed by atoms with Gasteiger partial charge in [0.1, 0.15) is 5.37 Å². The van der Waals surface area contributed by atoms with Crippen molar-refractivity contribution in [3.05, 3.63) is 69.3 Å². The van der Waals surface area contributed by atoms with Gasteiger partial charge >= 0.3 is 0 Å². The van der Waals surface area contributed by atoms with E-state index < -0.39 is 4.92 Å². The van der Waals surface area contributed by atoms with Gasteiger partial charge < -0.3 is 0 Å². The maximum absolute atomic E-state index is 12.4. The molecule has 1 amide bonds. The number of non-ortho nitro benzene ring substituents is 1. The quantitative estimate of drug-likeness (QED) is 0.631. The average molecular weight is 328 g/mol. The van der Waals surface area contributed by atoms with E-state index in [1.807, 2.05) is 26.0 Å². The van der Waals surface area contributed by atoms with Crippen molar-refractivity contribution in [2.45, 2.75) is 19.2 Å². The van der Waals surface area contributed by atoms with Crippen molar-refractivity contribution >= 4 is 29.0 Å². The van der Waals surface area contributed by atoms with E-state index in [-0.39, 0.29) is 17.0 Å². The molecule has 0 aliphatic carbocycles. The van der Waals surface area contributed by atoms with Crippen molar-refractivity contribution in [2.75, 3.05) is 10.7 Å². The van der Waals surface area contributed by atoms with Crippen LogP contribution in [-0.4, -0.2) is 16.6 Å². The summed E-state index contributed by atoms with van der Waals surface area (Å²) >= 11 is 1.54. The van der Waals surface area contributed by atoms with Crippen LogP contribution < -0.4 is 4.90 Å². The molecule has 118 valence electrons. The predicted molar refractivity (Wildman–Crippen MR) is 91.7 cm³/mol. The third-order valence-corrected chi connectivity index (χ3v) is 4.95. The average Bonchev–Trinajstić information content (AvgIpc) is 2.88. The lowest BCUT2D eigenvalue weighted by atomic mass is 10.1. The minimum Gasteiger partial charge on any atom is -0.295 e. The zero-order valence-corrected chi connectivity index (χ0v) is 13.7. The SMILES string of the molecule is Cc1cc(C)cc(N2C(=O)CSC2c2ccc([N+](=O)[O-])cc2)c1. The number of hydrogen-bond acceptors (Lipinski definition) is 4. The molecule has 1 fully saturated rings. The van der Waals surface area contributed by atoms with Crippen LogP contribution in [-0.2, 0) is 4.79 Å². The van der Waals surface area contributed by atoms with Crippen molar-refractivity contribution in [3.8, 4) is 0 Å². The van der Waals surface area contributed by atoms with Crippen LogP contribution in [0.1, 0.15) is 22.1 Å². The normalized spacial score (nSPS) is 17.6. The summed E-state index contributed by atoms with van der Waals surface area (Å²) in [6, 6.07) is 12.5. The number of anilines is 1. The van der Waals surface area contributed by atoms with Crippen molar-refractivity contribution in [1.29, 1.82) is 0 Å². The van der Waals surface area contributed by atoms with Crippen LogP contribution in [0.3, 0.4) is 0 Å². The number of nitro groups is 1. The molecule has 23 heavy (non-hydrogen) atoms. The fraction of sp³-hybridized carbons (Fsp3) is 0.235. The molecular weight excluding hydrogens is 312 g/mol. The van der Waals surface area contributed by atoms with Crippen LogP contribution in [0, 0.1) is 24.0 Å². The standard InChI is InChI=1S/C17H16N2O3S/c1-11-7-12(2)9-15(8-11)18-16(20)10-23-17(18)13-3-5-14(6-4-13)19(21)22/h3-9,17H,10H2,1-2H3. The summed E-state index contributed by atoms with van der Waals surface area (Å²) in [5.74, 6) is 0.470. The molecule has 0 radical (unpaired) electrons. The largest absolute Gasteiger partial charge is 0.295 e. The number of amides is 1. The van der Waals surface area contributed by atoms with Gasteiger partial charge in [0.2, 0.25) is 5.91 Å². The van der Waals surface area contributed by atoms with Gasteiger partial charge in [-0.15, -0.1) is 11.8 Å². The maximum atomic E-state index is 12.4. The van der Waals surface area contributed by atoms with E-state index in [1.54, 1.807) is 17.0 Å². The summed E-state index contributed by atoms with van der Waals surface area (Å²) in [6.45, 7) is 4.01. The van der Waals surface area contributed by atoms with Gasteiger partial charge in [-0.2, -0.15) is 0 Å². The van der Waals surface area contributed by atoms with E-state index in [1.165, 1.54) is 23.9 Å². The number of carbonyl (C=O) groups excluding carboxylic acids is 1. The van der Waals surface area contributed by atoms with Crippen molar-refractivity contribution in [1.82, 2.24) is 0 Å². The van der Waals surface area contributed by atoms with E-state index in [0.29, 0.717) is 5.75 Å². The second-order valence-electron chi connectivity index (χ2n) is 5.62. The van der Waals surface area contributed by atoms with E-state index >= 15 is 0 Å². The van der Waals surface area contributed by atoms with Gasteiger partial charge in [0.25, 0.3) is 5.69 Å². The number of thioether (sulfide) groups is 1. The molecule has 2 aromatic rings. The monoisotopic (exact) mass is 328 g/mol. The molecule has 1 saturated heterocycles. The first-order valence-electron chi connectivity index (χ1n) is 7.22. The lowest BCUT2D eigenvalue weighted by Crippen LogP contribution is -2.27. The number of carbonyl (C=O) groups is 1. The zero-order chi connectivity index (χ0) is 16.6. The topological polar surface area (TPSA) is 63.5 Å². The Labute approximate surface area is 138 Å². The Morgan fingerprint density at radius 2 is 1.74 bits per heavy atom. The first-order chi connectivity index (χ1) is 11.0. The molecule has 0 N–H and O–H groups in total. The molecule has 5 nitrogen and oxygen atoms in total. The molecule has 6 heteroatoms. The summed E-state index contributed by atoms with van der Waals surface area (Å²) < 4.78 is 0. The summed E-state index contributed by atoms with van der Waals surface area (Å²) in [4.78, 5) is 24.5. The summed E-state index contributed by atoms with van der Waals surface area (Å²) in [5.41, 5.74) is 4.03. The third-order valence-electron chi connectivity index (χ3n) is 3.74. The Morgan fingerprint density at radius 1 is 1.13 bits per heavy atom. The van der Waals surface area contributed by atoms with E-state index in [9.17, 15) is 14.9 Å². The smallest absolute Gasteiger partial charge is 0.269 e. The van der Waals surface area contributed by atoms with Crippen LogP contribution in [0.25, 0.3) is 0 Å². The molecule has 1 atom stereocenters. The Balaban J connectivity index is 1.97. The number of nitrogens with zero attached hydrogens (tertiary/aromatic N) is 2. The molecule has 1 aliphatic heterocycles. The van der Waals surface area contributed by atoms with Crippen LogP contribution in [0.4, 0.5) is 11.4 Å². The number of nitro benzene ring substituents is 1. The van der Waals surface area contributed by atoms with E-state index in [0.717, 1.165) is 22.4 Å². The highest BCUT2D eigenvalue weighted by Crippen LogP contribution is 2.42.